The van der Waals surface area contributed by atoms with Crippen LogP contribution >= 0.6 is 0 Å². The van der Waals surface area contributed by atoms with E-state index in [1.807, 2.05) is 6.07 Å². The van der Waals surface area contributed by atoms with Crippen LogP contribution in [0.4, 0.5) is 10.5 Å². The number of hydrogen-bond donors (Lipinski definition) is 2. The second-order valence-corrected chi connectivity index (χ2v) is 10.2. The van der Waals surface area contributed by atoms with Crippen LogP contribution in [0.2, 0.25) is 0 Å². The highest BCUT2D eigenvalue weighted by Crippen LogP contribution is 2.47. The van der Waals surface area contributed by atoms with Gasteiger partial charge >= 0.3 is 18.0 Å². The lowest BCUT2D eigenvalue weighted by atomic mass is 9.82. The molecule has 10 heteroatoms. The molecule has 10 nitrogen and oxygen atoms in total. The van der Waals surface area contributed by atoms with Gasteiger partial charge in [0.25, 0.3) is 0 Å². The molecule has 2 aliphatic heterocycles. The average Bonchev–Trinajstić information content (AvgIpc) is 3.19. The van der Waals surface area contributed by atoms with Gasteiger partial charge in [0.15, 0.2) is 0 Å². The van der Waals surface area contributed by atoms with Crippen molar-refractivity contribution in [3.8, 4) is 5.75 Å². The minimum absolute atomic E-state index is 0.00888. The van der Waals surface area contributed by atoms with E-state index in [0.29, 0.717) is 16.8 Å². The number of aliphatic hydroxyl groups excluding tert-OH is 1. The Morgan fingerprint density at radius 3 is 2.45 bits per heavy atom. The first-order valence-corrected chi connectivity index (χ1v) is 12.2. The highest BCUT2D eigenvalue weighted by atomic mass is 16.7. The fraction of sp³-hybridized carbons (Fsp3) is 0.357. The SMILES string of the molecule is C[C@@H](O)[C@H]1C(=O)N2C(C(=O)OCOC(=O)C(C)(C)C)=C(c3cccc(OC(=O)Nc4ccccc4)c3)C[C@H]12. The molecule has 0 saturated carbocycles. The van der Waals surface area contributed by atoms with Gasteiger partial charge in [-0.2, -0.15) is 0 Å². The normalized spacial score (nSPS) is 19.3. The summed E-state index contributed by atoms with van der Waals surface area (Å²) in [7, 11) is 0. The predicted octanol–water partition coefficient (Wildman–Crippen LogP) is 3.71. The van der Waals surface area contributed by atoms with Crippen LogP contribution in [0.1, 0.15) is 39.7 Å². The molecule has 2 amide bonds. The van der Waals surface area contributed by atoms with Crippen LogP contribution in [0, 0.1) is 11.3 Å². The van der Waals surface area contributed by atoms with Gasteiger partial charge in [-0.05, 0) is 69.5 Å². The topological polar surface area (TPSA) is 131 Å². The summed E-state index contributed by atoms with van der Waals surface area (Å²) in [5.74, 6) is -2.22. The molecule has 0 spiro atoms. The van der Waals surface area contributed by atoms with Gasteiger partial charge in [-0.1, -0.05) is 30.3 Å². The van der Waals surface area contributed by atoms with Crippen molar-refractivity contribution in [2.24, 2.45) is 11.3 Å². The van der Waals surface area contributed by atoms with Gasteiger partial charge in [0.1, 0.15) is 11.4 Å². The standard InChI is InChI=1S/C28H30N2O8/c1-16(31)22-21-14-20(23(30(21)24(22)32)25(33)36-15-37-26(34)28(2,3)4)17-9-8-12-19(13-17)38-27(35)29-18-10-6-5-7-11-18/h5-13,16,21-22,31H,14-15H2,1-4H3,(H,29,35)/t16-,21-,22-/m1/s1. The highest BCUT2D eigenvalue weighted by Gasteiger charge is 2.57. The van der Waals surface area contributed by atoms with Crippen LogP contribution in [0.5, 0.6) is 5.75 Å². The number of ether oxygens (including phenoxy) is 3. The van der Waals surface area contributed by atoms with Crippen molar-refractivity contribution >= 4 is 35.2 Å². The summed E-state index contributed by atoms with van der Waals surface area (Å²) in [5, 5.41) is 12.7. The van der Waals surface area contributed by atoms with Gasteiger partial charge in [-0.25, -0.2) is 9.59 Å². The number of benzene rings is 2. The molecular weight excluding hydrogens is 492 g/mol. The molecule has 0 radical (unpaired) electrons. The van der Waals surface area contributed by atoms with E-state index < -0.39 is 54.2 Å². The maximum atomic E-state index is 13.1. The third kappa shape index (κ3) is 5.55. The summed E-state index contributed by atoms with van der Waals surface area (Å²) in [5.41, 5.74) is 0.833. The molecule has 2 aromatic rings. The first kappa shape index (κ1) is 26.9. The van der Waals surface area contributed by atoms with Crippen molar-refractivity contribution in [1.82, 2.24) is 4.90 Å². The lowest BCUT2D eigenvalue weighted by Crippen LogP contribution is -2.61. The van der Waals surface area contributed by atoms with Crippen LogP contribution < -0.4 is 10.1 Å². The van der Waals surface area contributed by atoms with E-state index in [1.165, 1.54) is 11.8 Å². The van der Waals surface area contributed by atoms with Gasteiger partial charge in [0.05, 0.1) is 23.5 Å². The largest absolute Gasteiger partial charge is 0.427 e. The zero-order valence-corrected chi connectivity index (χ0v) is 21.6. The van der Waals surface area contributed by atoms with Crippen molar-refractivity contribution in [1.29, 1.82) is 0 Å². The maximum absolute atomic E-state index is 13.1. The van der Waals surface area contributed by atoms with E-state index in [-0.39, 0.29) is 17.9 Å². The van der Waals surface area contributed by atoms with E-state index in [9.17, 15) is 24.3 Å². The lowest BCUT2D eigenvalue weighted by Gasteiger charge is -2.44. The zero-order valence-electron chi connectivity index (χ0n) is 21.6. The summed E-state index contributed by atoms with van der Waals surface area (Å²) in [4.78, 5) is 51.7. The molecular formula is C28H30N2O8. The molecule has 0 aromatic heterocycles. The van der Waals surface area contributed by atoms with Gasteiger partial charge in [0, 0.05) is 5.69 Å². The smallest absolute Gasteiger partial charge is 0.417 e. The molecule has 2 heterocycles. The van der Waals surface area contributed by atoms with Gasteiger partial charge in [0.2, 0.25) is 12.7 Å². The Morgan fingerprint density at radius 2 is 1.79 bits per heavy atom. The summed E-state index contributed by atoms with van der Waals surface area (Å²) in [6.45, 7) is 5.93. The molecule has 1 fully saturated rings. The van der Waals surface area contributed by atoms with Crippen LogP contribution in [-0.4, -0.2) is 52.9 Å². The third-order valence-corrected chi connectivity index (χ3v) is 6.33. The molecule has 0 bridgehead atoms. The number of hydrogen-bond acceptors (Lipinski definition) is 8. The molecule has 200 valence electrons. The fourth-order valence-electron chi connectivity index (χ4n) is 4.46. The maximum Gasteiger partial charge on any atom is 0.417 e. The van der Waals surface area contributed by atoms with Gasteiger partial charge in [-0.15, -0.1) is 0 Å². The number of anilines is 1. The third-order valence-electron chi connectivity index (χ3n) is 6.33. The number of para-hydroxylation sites is 1. The molecule has 1 saturated heterocycles. The quantitative estimate of drug-likeness (QED) is 0.320. The molecule has 2 aliphatic rings. The Bertz CT molecular complexity index is 1280. The number of nitrogens with one attached hydrogen (secondary N) is 1. The molecule has 0 aliphatic carbocycles. The number of fused-ring (bicyclic) bond motifs is 1. The molecule has 4 rings (SSSR count). The number of β-lactam (4-membered cyclic amide) rings is 1. The molecule has 2 N–H and O–H groups in total. The van der Waals surface area contributed by atoms with E-state index in [0.717, 1.165) is 0 Å². The second-order valence-electron chi connectivity index (χ2n) is 10.2. The van der Waals surface area contributed by atoms with E-state index in [2.05, 4.69) is 5.32 Å². The molecule has 0 unspecified atom stereocenters. The second kappa shape index (κ2) is 10.7. The molecule has 2 aromatic carbocycles. The first-order valence-electron chi connectivity index (χ1n) is 12.2. The first-order chi connectivity index (χ1) is 18.0. The Hall–Kier alpha value is -4.18. The summed E-state index contributed by atoms with van der Waals surface area (Å²) < 4.78 is 15.7. The number of carbonyl (C=O) groups is 4. The van der Waals surface area contributed by atoms with Crippen LogP contribution in [-0.2, 0) is 23.9 Å². The van der Waals surface area contributed by atoms with Gasteiger partial charge < -0.3 is 24.2 Å². The Kier molecular flexibility index (Phi) is 7.54. The van der Waals surface area contributed by atoms with Crippen LogP contribution in [0.25, 0.3) is 5.57 Å². The number of aliphatic hydroxyl groups is 1. The van der Waals surface area contributed by atoms with Crippen LogP contribution in [0.3, 0.4) is 0 Å². The Labute approximate surface area is 220 Å². The van der Waals surface area contributed by atoms with Crippen molar-refractivity contribution in [2.45, 2.75) is 46.3 Å². The minimum Gasteiger partial charge on any atom is -0.427 e. The van der Waals surface area contributed by atoms with Gasteiger partial charge in [-0.3, -0.25) is 14.9 Å². The lowest BCUT2D eigenvalue weighted by molar-refractivity contribution is -0.175. The van der Waals surface area contributed by atoms with Crippen molar-refractivity contribution in [3.63, 3.8) is 0 Å². The molecule has 3 atom stereocenters. The number of amides is 2. The number of rotatable bonds is 7. The van der Waals surface area contributed by atoms with Crippen molar-refractivity contribution < 1.29 is 38.5 Å². The summed E-state index contributed by atoms with van der Waals surface area (Å²) in [6, 6.07) is 14.9. The number of nitrogens with zero attached hydrogens (tertiary/aromatic N) is 1. The number of carbonyl (C=O) groups excluding carboxylic acids is 4. The predicted molar refractivity (Wildman–Crippen MR) is 136 cm³/mol. The summed E-state index contributed by atoms with van der Waals surface area (Å²) >= 11 is 0. The van der Waals surface area contributed by atoms with E-state index >= 15 is 0 Å². The monoisotopic (exact) mass is 522 g/mol. The summed E-state index contributed by atoms with van der Waals surface area (Å²) in [6.07, 6.45) is -1.31. The van der Waals surface area contributed by atoms with E-state index in [1.54, 1.807) is 69.3 Å². The Balaban J connectivity index is 1.56. The highest BCUT2D eigenvalue weighted by molar-refractivity contribution is 6.07. The molecule has 38 heavy (non-hydrogen) atoms. The van der Waals surface area contributed by atoms with Crippen LogP contribution in [0.15, 0.2) is 60.3 Å². The van der Waals surface area contributed by atoms with Crippen molar-refractivity contribution in [3.05, 3.63) is 65.9 Å². The number of esters is 2. The fourth-order valence-corrected chi connectivity index (χ4v) is 4.46. The zero-order chi connectivity index (χ0) is 27.6. The average molecular weight is 523 g/mol. The Morgan fingerprint density at radius 1 is 1.08 bits per heavy atom. The minimum atomic E-state index is -0.899. The van der Waals surface area contributed by atoms with E-state index in [4.69, 9.17) is 14.2 Å². The van der Waals surface area contributed by atoms with Crippen molar-refractivity contribution in [2.75, 3.05) is 12.1 Å².